The lowest BCUT2D eigenvalue weighted by Gasteiger charge is -2.10. The smallest absolute Gasteiger partial charge is 0.0285 e. The molecule has 0 saturated carbocycles. The molecule has 0 bridgehead atoms. The van der Waals surface area contributed by atoms with Crippen LogP contribution in [0.4, 0.5) is 0 Å². The molecule has 13 heavy (non-hydrogen) atoms. The molecule has 1 fully saturated rings. The maximum absolute atomic E-state index is 3.51. The number of halogens is 1. The Morgan fingerprint density at radius 2 is 2.31 bits per heavy atom. The maximum atomic E-state index is 3.51. The fourth-order valence-electron chi connectivity index (χ4n) is 1.85. The predicted molar refractivity (Wildman–Crippen MR) is 61.5 cm³/mol. The van der Waals surface area contributed by atoms with Crippen LogP contribution in [0.25, 0.3) is 0 Å². The molecule has 0 aliphatic carbocycles. The first-order valence-electron chi connectivity index (χ1n) is 4.81. The van der Waals surface area contributed by atoms with Crippen molar-refractivity contribution in [3.05, 3.63) is 20.8 Å². The highest BCUT2D eigenvalue weighted by Crippen LogP contribution is 2.32. The molecule has 1 aliphatic heterocycles. The van der Waals surface area contributed by atoms with E-state index in [-0.39, 0.29) is 0 Å². The highest BCUT2D eigenvalue weighted by molar-refractivity contribution is 9.10. The van der Waals surface area contributed by atoms with Crippen LogP contribution in [0.3, 0.4) is 0 Å². The average molecular weight is 260 g/mol. The zero-order valence-electron chi connectivity index (χ0n) is 7.55. The van der Waals surface area contributed by atoms with Crippen LogP contribution >= 0.6 is 27.3 Å². The largest absolute Gasteiger partial charge is 0.317 e. The lowest BCUT2D eigenvalue weighted by molar-refractivity contribution is 0.619. The van der Waals surface area contributed by atoms with Crippen molar-refractivity contribution in [2.24, 2.45) is 0 Å². The van der Waals surface area contributed by atoms with Gasteiger partial charge in [0.25, 0.3) is 0 Å². The monoisotopic (exact) mass is 259 g/mol. The number of thiophene rings is 1. The van der Waals surface area contributed by atoms with E-state index in [1.807, 2.05) is 11.3 Å². The Kier molecular flexibility index (Phi) is 3.41. The Morgan fingerprint density at radius 1 is 1.38 bits per heavy atom. The minimum Gasteiger partial charge on any atom is -0.317 e. The molecule has 1 N–H and O–H groups in total. The lowest BCUT2D eigenvalue weighted by atomic mass is 9.99. The van der Waals surface area contributed by atoms with Gasteiger partial charge in [-0.15, -0.1) is 11.3 Å². The van der Waals surface area contributed by atoms with E-state index in [9.17, 15) is 0 Å². The van der Waals surface area contributed by atoms with Gasteiger partial charge in [-0.25, -0.2) is 0 Å². The molecule has 0 amide bonds. The molecule has 1 saturated heterocycles. The van der Waals surface area contributed by atoms with Gasteiger partial charge in [0.2, 0.25) is 0 Å². The molecule has 2 rings (SSSR count). The molecule has 0 radical (unpaired) electrons. The van der Waals surface area contributed by atoms with Gasteiger partial charge in [0.1, 0.15) is 0 Å². The second-order valence-corrected chi connectivity index (χ2v) is 5.40. The van der Waals surface area contributed by atoms with Crippen molar-refractivity contribution in [1.29, 1.82) is 0 Å². The third-order valence-corrected chi connectivity index (χ3v) is 4.42. The SMILES string of the molecule is Brc1csc(C2CCCNCC2)c1. The Balaban J connectivity index is 2.06. The van der Waals surface area contributed by atoms with Crippen LogP contribution in [0.1, 0.15) is 30.1 Å². The Morgan fingerprint density at radius 3 is 3.08 bits per heavy atom. The van der Waals surface area contributed by atoms with Crippen LogP contribution in [-0.2, 0) is 0 Å². The first-order valence-corrected chi connectivity index (χ1v) is 6.48. The van der Waals surface area contributed by atoms with Gasteiger partial charge in [0.05, 0.1) is 0 Å². The predicted octanol–water partition coefficient (Wildman–Crippen LogP) is 3.37. The van der Waals surface area contributed by atoms with Crippen LogP contribution in [0.2, 0.25) is 0 Å². The van der Waals surface area contributed by atoms with Gasteiger partial charge in [-0.05, 0) is 60.3 Å². The van der Waals surface area contributed by atoms with Crippen molar-refractivity contribution in [2.45, 2.75) is 25.2 Å². The second kappa shape index (κ2) is 4.58. The molecule has 1 aromatic heterocycles. The van der Waals surface area contributed by atoms with Crippen molar-refractivity contribution in [3.63, 3.8) is 0 Å². The molecule has 1 aromatic rings. The molecule has 1 unspecified atom stereocenters. The Hall–Kier alpha value is 0.140. The van der Waals surface area contributed by atoms with Crippen LogP contribution in [0, 0.1) is 0 Å². The molecule has 1 nitrogen and oxygen atoms in total. The van der Waals surface area contributed by atoms with Crippen molar-refractivity contribution in [3.8, 4) is 0 Å². The molecule has 1 aliphatic rings. The third-order valence-electron chi connectivity index (χ3n) is 2.57. The van der Waals surface area contributed by atoms with Crippen molar-refractivity contribution < 1.29 is 0 Å². The highest BCUT2D eigenvalue weighted by Gasteiger charge is 2.15. The average Bonchev–Trinajstić information content (AvgIpc) is 2.43. The first-order chi connectivity index (χ1) is 6.36. The lowest BCUT2D eigenvalue weighted by Crippen LogP contribution is -2.13. The summed E-state index contributed by atoms with van der Waals surface area (Å²) in [6, 6.07) is 2.28. The van der Waals surface area contributed by atoms with Crippen molar-refractivity contribution in [2.75, 3.05) is 13.1 Å². The van der Waals surface area contributed by atoms with Crippen LogP contribution in [-0.4, -0.2) is 13.1 Å². The maximum Gasteiger partial charge on any atom is 0.0285 e. The van der Waals surface area contributed by atoms with Gasteiger partial charge in [-0.1, -0.05) is 0 Å². The number of hydrogen-bond donors (Lipinski definition) is 1. The summed E-state index contributed by atoms with van der Waals surface area (Å²) in [7, 11) is 0. The summed E-state index contributed by atoms with van der Waals surface area (Å²) >= 11 is 5.40. The number of hydrogen-bond acceptors (Lipinski definition) is 2. The van der Waals surface area contributed by atoms with Gasteiger partial charge < -0.3 is 5.32 Å². The molecule has 3 heteroatoms. The summed E-state index contributed by atoms with van der Waals surface area (Å²) in [4.78, 5) is 1.55. The summed E-state index contributed by atoms with van der Waals surface area (Å²) in [5, 5.41) is 5.63. The fourth-order valence-corrected chi connectivity index (χ4v) is 3.46. The van der Waals surface area contributed by atoms with Gasteiger partial charge >= 0.3 is 0 Å². The Labute approximate surface area is 91.7 Å². The zero-order valence-corrected chi connectivity index (χ0v) is 9.96. The zero-order chi connectivity index (χ0) is 9.10. The minimum atomic E-state index is 0.797. The molecule has 2 heterocycles. The van der Waals surface area contributed by atoms with E-state index in [1.165, 1.54) is 36.8 Å². The van der Waals surface area contributed by atoms with E-state index >= 15 is 0 Å². The number of rotatable bonds is 1. The summed E-state index contributed by atoms with van der Waals surface area (Å²) in [5.74, 6) is 0.797. The quantitative estimate of drug-likeness (QED) is 0.816. The molecule has 1 atom stereocenters. The summed E-state index contributed by atoms with van der Waals surface area (Å²) in [6.07, 6.45) is 3.97. The molecule has 0 spiro atoms. The van der Waals surface area contributed by atoms with Crippen LogP contribution in [0.5, 0.6) is 0 Å². The highest BCUT2D eigenvalue weighted by atomic mass is 79.9. The number of nitrogens with one attached hydrogen (secondary N) is 1. The normalized spacial score (nSPS) is 24.2. The topological polar surface area (TPSA) is 12.0 Å². The van der Waals surface area contributed by atoms with Gasteiger partial charge in [0.15, 0.2) is 0 Å². The third kappa shape index (κ3) is 2.55. The van der Waals surface area contributed by atoms with E-state index in [1.54, 1.807) is 4.88 Å². The van der Waals surface area contributed by atoms with E-state index < -0.39 is 0 Å². The Bertz CT molecular complexity index is 264. The van der Waals surface area contributed by atoms with E-state index in [4.69, 9.17) is 0 Å². The van der Waals surface area contributed by atoms with Gasteiger partial charge in [-0.2, -0.15) is 0 Å². The van der Waals surface area contributed by atoms with Gasteiger partial charge in [0, 0.05) is 14.7 Å². The van der Waals surface area contributed by atoms with Crippen LogP contribution < -0.4 is 5.32 Å². The first kappa shape index (κ1) is 9.69. The van der Waals surface area contributed by atoms with E-state index in [0.717, 1.165) is 5.92 Å². The van der Waals surface area contributed by atoms with Crippen molar-refractivity contribution in [1.82, 2.24) is 5.32 Å². The molecule has 0 aromatic carbocycles. The molecular weight excluding hydrogens is 246 g/mol. The molecule has 72 valence electrons. The van der Waals surface area contributed by atoms with E-state index in [0.29, 0.717) is 0 Å². The van der Waals surface area contributed by atoms with Crippen LogP contribution in [0.15, 0.2) is 15.9 Å². The standard InChI is InChI=1S/C10H14BrNS/c11-9-6-10(13-7-9)8-2-1-4-12-5-3-8/h6-8,12H,1-5H2. The summed E-state index contributed by atoms with van der Waals surface area (Å²) in [5.41, 5.74) is 0. The summed E-state index contributed by atoms with van der Waals surface area (Å²) < 4.78 is 1.24. The van der Waals surface area contributed by atoms with Gasteiger partial charge in [-0.3, -0.25) is 0 Å². The fraction of sp³-hybridized carbons (Fsp3) is 0.600. The molecular formula is C10H14BrNS. The van der Waals surface area contributed by atoms with E-state index in [2.05, 4.69) is 32.7 Å². The second-order valence-electron chi connectivity index (χ2n) is 3.55. The van der Waals surface area contributed by atoms with Crippen molar-refractivity contribution >= 4 is 27.3 Å². The minimum absolute atomic E-state index is 0.797. The summed E-state index contributed by atoms with van der Waals surface area (Å²) in [6.45, 7) is 2.38.